The Labute approximate surface area is 98.3 Å². The van der Waals surface area contributed by atoms with E-state index in [2.05, 4.69) is 4.72 Å². The lowest BCUT2D eigenvalue weighted by Crippen LogP contribution is -2.34. The van der Waals surface area contributed by atoms with Crippen LogP contribution in [0.15, 0.2) is 29.2 Å². The monoisotopic (exact) mass is 260 g/mol. The van der Waals surface area contributed by atoms with E-state index in [0.717, 1.165) is 6.07 Å². The Morgan fingerprint density at radius 2 is 2.18 bits per heavy atom. The molecule has 0 amide bonds. The summed E-state index contributed by atoms with van der Waals surface area (Å²) in [5, 5.41) is 19.3. The van der Waals surface area contributed by atoms with Crippen molar-refractivity contribution in [3.8, 4) is 0 Å². The minimum atomic E-state index is -3.84. The number of nitro benzene ring substituents is 1. The quantitative estimate of drug-likeness (QED) is 0.582. The molecule has 0 aliphatic heterocycles. The van der Waals surface area contributed by atoms with Crippen LogP contribution in [-0.4, -0.2) is 31.1 Å². The Balaban J connectivity index is 3.07. The molecule has 0 aromatic heterocycles. The van der Waals surface area contributed by atoms with Crippen molar-refractivity contribution in [3.05, 3.63) is 34.4 Å². The van der Waals surface area contributed by atoms with Crippen molar-refractivity contribution in [3.63, 3.8) is 0 Å². The molecular formula is C9H12N2O5S. The first-order valence-corrected chi connectivity index (χ1v) is 6.23. The summed E-state index contributed by atoms with van der Waals surface area (Å²) in [7, 11) is -3.84. The molecule has 2 N–H and O–H groups in total. The summed E-state index contributed by atoms with van der Waals surface area (Å²) in [5.41, 5.74) is -0.301. The van der Waals surface area contributed by atoms with Crippen LogP contribution in [0.4, 0.5) is 5.69 Å². The van der Waals surface area contributed by atoms with Gasteiger partial charge in [0.25, 0.3) is 5.69 Å². The molecule has 7 nitrogen and oxygen atoms in total. The van der Waals surface area contributed by atoms with Gasteiger partial charge in [0.05, 0.1) is 16.4 Å². The summed E-state index contributed by atoms with van der Waals surface area (Å²) >= 11 is 0. The molecule has 0 saturated heterocycles. The van der Waals surface area contributed by atoms with E-state index in [1.807, 2.05) is 0 Å². The van der Waals surface area contributed by atoms with Gasteiger partial charge in [0.15, 0.2) is 0 Å². The largest absolute Gasteiger partial charge is 0.395 e. The van der Waals surface area contributed by atoms with E-state index in [4.69, 9.17) is 5.11 Å². The summed E-state index contributed by atoms with van der Waals surface area (Å²) in [6.07, 6.45) is 0. The predicted octanol–water partition coefficient (Wildman–Crippen LogP) is 0.254. The van der Waals surface area contributed by atoms with E-state index in [0.29, 0.717) is 0 Å². The molecule has 0 aliphatic carbocycles. The highest BCUT2D eigenvalue weighted by molar-refractivity contribution is 7.89. The van der Waals surface area contributed by atoms with Gasteiger partial charge in [-0.1, -0.05) is 6.07 Å². The molecule has 0 saturated carbocycles. The molecule has 0 fully saturated rings. The number of non-ortho nitro benzene ring substituents is 1. The second-order valence-corrected chi connectivity index (χ2v) is 5.17. The van der Waals surface area contributed by atoms with E-state index in [-0.39, 0.29) is 17.2 Å². The Kier molecular flexibility index (Phi) is 4.16. The zero-order valence-electron chi connectivity index (χ0n) is 9.03. The molecule has 0 spiro atoms. The molecular weight excluding hydrogens is 248 g/mol. The lowest BCUT2D eigenvalue weighted by atomic mass is 10.3. The third kappa shape index (κ3) is 3.48. The van der Waals surface area contributed by atoms with Crippen LogP contribution in [0.1, 0.15) is 6.92 Å². The number of nitrogens with one attached hydrogen (secondary N) is 1. The maximum Gasteiger partial charge on any atom is 0.270 e. The summed E-state index contributed by atoms with van der Waals surface area (Å²) in [6.45, 7) is 1.13. The highest BCUT2D eigenvalue weighted by atomic mass is 32.2. The number of aliphatic hydroxyl groups excluding tert-OH is 1. The van der Waals surface area contributed by atoms with Gasteiger partial charge in [-0.3, -0.25) is 10.1 Å². The number of nitrogens with zero attached hydrogens (tertiary/aromatic N) is 1. The van der Waals surface area contributed by atoms with Crippen LogP contribution < -0.4 is 4.72 Å². The zero-order chi connectivity index (χ0) is 13.1. The summed E-state index contributed by atoms with van der Waals surface area (Å²) in [4.78, 5) is 9.63. The maximum absolute atomic E-state index is 11.7. The maximum atomic E-state index is 11.7. The number of hydrogen-bond donors (Lipinski definition) is 2. The third-order valence-electron chi connectivity index (χ3n) is 1.97. The van der Waals surface area contributed by atoms with E-state index >= 15 is 0 Å². The smallest absolute Gasteiger partial charge is 0.270 e. The second kappa shape index (κ2) is 5.21. The van der Waals surface area contributed by atoms with Gasteiger partial charge in [-0.25, -0.2) is 13.1 Å². The van der Waals surface area contributed by atoms with Gasteiger partial charge in [-0.15, -0.1) is 0 Å². The molecule has 1 atom stereocenters. The number of hydrogen-bond acceptors (Lipinski definition) is 5. The molecule has 17 heavy (non-hydrogen) atoms. The van der Waals surface area contributed by atoms with Crippen LogP contribution in [0, 0.1) is 10.1 Å². The molecule has 1 aromatic rings. The van der Waals surface area contributed by atoms with Gasteiger partial charge in [-0.2, -0.15) is 0 Å². The normalized spacial score (nSPS) is 13.3. The molecule has 1 rings (SSSR count). The second-order valence-electron chi connectivity index (χ2n) is 3.46. The number of sulfonamides is 1. The zero-order valence-corrected chi connectivity index (χ0v) is 9.85. The van der Waals surface area contributed by atoms with E-state index in [1.54, 1.807) is 0 Å². The molecule has 1 aromatic carbocycles. The topological polar surface area (TPSA) is 110 Å². The van der Waals surface area contributed by atoms with Crippen molar-refractivity contribution in [1.29, 1.82) is 0 Å². The molecule has 8 heteroatoms. The van der Waals surface area contributed by atoms with Gasteiger partial charge < -0.3 is 5.11 Å². The Hall–Kier alpha value is -1.51. The first-order chi connectivity index (χ1) is 7.86. The minimum absolute atomic E-state index is 0.202. The van der Waals surface area contributed by atoms with Crippen LogP contribution in [0.3, 0.4) is 0 Å². The van der Waals surface area contributed by atoms with E-state index in [1.165, 1.54) is 25.1 Å². The fourth-order valence-corrected chi connectivity index (χ4v) is 2.41. The van der Waals surface area contributed by atoms with Crippen LogP contribution in [0.5, 0.6) is 0 Å². The fourth-order valence-electron chi connectivity index (χ4n) is 1.13. The average molecular weight is 260 g/mol. The molecule has 94 valence electrons. The SMILES string of the molecule is C[C@H](CO)NS(=O)(=O)c1cccc([N+](=O)[O-])c1. The van der Waals surface area contributed by atoms with Crippen molar-refractivity contribution in [1.82, 2.24) is 4.72 Å². The number of rotatable bonds is 5. The number of nitro groups is 1. The minimum Gasteiger partial charge on any atom is -0.395 e. The first kappa shape index (κ1) is 13.6. The van der Waals surface area contributed by atoms with E-state index in [9.17, 15) is 18.5 Å². The Morgan fingerprint density at radius 3 is 2.71 bits per heavy atom. The van der Waals surface area contributed by atoms with Crippen LogP contribution >= 0.6 is 0 Å². The highest BCUT2D eigenvalue weighted by Gasteiger charge is 2.19. The van der Waals surface area contributed by atoms with Crippen molar-refractivity contribution in [2.24, 2.45) is 0 Å². The fraction of sp³-hybridized carbons (Fsp3) is 0.333. The Bertz CT molecular complexity index is 514. The van der Waals surface area contributed by atoms with E-state index < -0.39 is 21.0 Å². The van der Waals surface area contributed by atoms with Gasteiger partial charge in [0, 0.05) is 18.2 Å². The van der Waals surface area contributed by atoms with Gasteiger partial charge in [0.2, 0.25) is 10.0 Å². The van der Waals surface area contributed by atoms with Crippen molar-refractivity contribution < 1.29 is 18.4 Å². The van der Waals surface area contributed by atoms with Crippen LogP contribution in [0.2, 0.25) is 0 Å². The summed E-state index contributed by atoms with van der Waals surface area (Å²) in [5.74, 6) is 0. The lowest BCUT2D eigenvalue weighted by Gasteiger charge is -2.11. The lowest BCUT2D eigenvalue weighted by molar-refractivity contribution is -0.385. The Morgan fingerprint density at radius 1 is 1.53 bits per heavy atom. The molecule has 0 radical (unpaired) electrons. The van der Waals surface area contributed by atoms with Crippen LogP contribution in [0.25, 0.3) is 0 Å². The highest BCUT2D eigenvalue weighted by Crippen LogP contribution is 2.17. The first-order valence-electron chi connectivity index (χ1n) is 4.74. The molecule has 0 aliphatic rings. The molecule has 0 bridgehead atoms. The predicted molar refractivity (Wildman–Crippen MR) is 60.0 cm³/mol. The van der Waals surface area contributed by atoms with Crippen molar-refractivity contribution in [2.45, 2.75) is 17.9 Å². The molecule has 0 heterocycles. The number of aliphatic hydroxyl groups is 1. The number of benzene rings is 1. The third-order valence-corrected chi connectivity index (χ3v) is 3.56. The van der Waals surface area contributed by atoms with Crippen LogP contribution in [-0.2, 0) is 10.0 Å². The summed E-state index contributed by atoms with van der Waals surface area (Å²) < 4.78 is 25.7. The van der Waals surface area contributed by atoms with Gasteiger partial charge in [-0.05, 0) is 13.0 Å². The molecule has 0 unspecified atom stereocenters. The standard InChI is InChI=1S/C9H12N2O5S/c1-7(6-12)10-17(15,16)9-4-2-3-8(5-9)11(13)14/h2-5,7,10,12H,6H2,1H3/t7-/m1/s1. The van der Waals surface area contributed by atoms with Gasteiger partial charge >= 0.3 is 0 Å². The average Bonchev–Trinajstić information content (AvgIpc) is 2.28. The van der Waals surface area contributed by atoms with Crippen molar-refractivity contribution in [2.75, 3.05) is 6.61 Å². The van der Waals surface area contributed by atoms with Crippen molar-refractivity contribution >= 4 is 15.7 Å². The van der Waals surface area contributed by atoms with Gasteiger partial charge in [0.1, 0.15) is 0 Å². The summed E-state index contributed by atoms with van der Waals surface area (Å²) in [6, 6.07) is 4.05.